The molecule has 1 aromatic heterocycles. The van der Waals surface area contributed by atoms with E-state index in [1.807, 2.05) is 37.3 Å². The number of aryl methyl sites for hydroxylation is 2. The van der Waals surface area contributed by atoms with Crippen molar-refractivity contribution in [1.29, 1.82) is 0 Å². The SMILES string of the molecule is Cc1ccc(C)c(S(=O)(=O)Nc2ccc(C(=O)N(C)Cc3nc4ccccc4s3)cc2)c1. The Labute approximate surface area is 191 Å². The number of thiazole rings is 1. The molecule has 164 valence electrons. The number of carbonyl (C=O) groups is 1. The number of amides is 1. The summed E-state index contributed by atoms with van der Waals surface area (Å²) in [6.07, 6.45) is 0. The Balaban J connectivity index is 1.46. The van der Waals surface area contributed by atoms with Crippen molar-refractivity contribution in [2.45, 2.75) is 25.3 Å². The molecule has 0 atom stereocenters. The van der Waals surface area contributed by atoms with Gasteiger partial charge in [0, 0.05) is 18.3 Å². The highest BCUT2D eigenvalue weighted by molar-refractivity contribution is 7.92. The molecule has 0 aliphatic heterocycles. The fourth-order valence-electron chi connectivity index (χ4n) is 3.37. The molecule has 1 heterocycles. The van der Waals surface area contributed by atoms with E-state index >= 15 is 0 Å². The summed E-state index contributed by atoms with van der Waals surface area (Å²) >= 11 is 1.57. The maximum Gasteiger partial charge on any atom is 0.262 e. The number of para-hydroxylation sites is 1. The highest BCUT2D eigenvalue weighted by Gasteiger charge is 2.18. The van der Waals surface area contributed by atoms with Crippen LogP contribution in [0, 0.1) is 13.8 Å². The molecule has 4 aromatic rings. The van der Waals surface area contributed by atoms with Crippen molar-refractivity contribution < 1.29 is 13.2 Å². The first-order valence-electron chi connectivity index (χ1n) is 10.0. The number of hydrogen-bond acceptors (Lipinski definition) is 5. The Morgan fingerprint density at radius 2 is 1.75 bits per heavy atom. The van der Waals surface area contributed by atoms with Crippen LogP contribution in [0.25, 0.3) is 10.2 Å². The predicted molar refractivity (Wildman–Crippen MR) is 129 cm³/mol. The van der Waals surface area contributed by atoms with Crippen LogP contribution in [0.5, 0.6) is 0 Å². The summed E-state index contributed by atoms with van der Waals surface area (Å²) in [5.74, 6) is -0.159. The molecule has 0 aliphatic rings. The summed E-state index contributed by atoms with van der Waals surface area (Å²) in [7, 11) is -1.99. The zero-order chi connectivity index (χ0) is 22.9. The van der Waals surface area contributed by atoms with E-state index in [0.29, 0.717) is 23.4 Å². The number of nitrogens with zero attached hydrogens (tertiary/aromatic N) is 2. The standard InChI is InChI=1S/C24H23N3O3S2/c1-16-8-9-17(2)22(14-16)32(29,30)26-19-12-10-18(11-13-19)24(28)27(3)15-23-25-20-6-4-5-7-21(20)31-23/h4-14,26H,15H2,1-3H3. The molecule has 0 bridgehead atoms. The lowest BCUT2D eigenvalue weighted by molar-refractivity contribution is 0.0785. The Morgan fingerprint density at radius 3 is 2.47 bits per heavy atom. The van der Waals surface area contributed by atoms with Crippen molar-refractivity contribution >= 4 is 43.2 Å². The molecule has 0 unspecified atom stereocenters. The number of rotatable bonds is 6. The van der Waals surface area contributed by atoms with Crippen molar-refractivity contribution in [3.05, 3.63) is 88.4 Å². The van der Waals surface area contributed by atoms with Gasteiger partial charge < -0.3 is 4.90 Å². The Morgan fingerprint density at radius 1 is 1.03 bits per heavy atom. The first kappa shape index (κ1) is 22.0. The third kappa shape index (κ3) is 4.66. The smallest absolute Gasteiger partial charge is 0.262 e. The maximum atomic E-state index is 12.8. The summed E-state index contributed by atoms with van der Waals surface area (Å²) in [5, 5.41) is 0.861. The van der Waals surface area contributed by atoms with E-state index in [4.69, 9.17) is 0 Å². The summed E-state index contributed by atoms with van der Waals surface area (Å²) < 4.78 is 29.3. The molecule has 0 aliphatic carbocycles. The van der Waals surface area contributed by atoms with Gasteiger partial charge in [-0.1, -0.05) is 24.3 Å². The molecule has 0 saturated heterocycles. The van der Waals surface area contributed by atoms with Crippen LogP contribution in [0.1, 0.15) is 26.5 Å². The van der Waals surface area contributed by atoms with Gasteiger partial charge in [0.05, 0.1) is 21.7 Å². The van der Waals surface area contributed by atoms with Crippen molar-refractivity contribution in [3.8, 4) is 0 Å². The fraction of sp³-hybridized carbons (Fsp3) is 0.167. The summed E-state index contributed by atoms with van der Waals surface area (Å²) in [4.78, 5) is 19.2. The minimum absolute atomic E-state index is 0.159. The van der Waals surface area contributed by atoms with Gasteiger partial charge in [0.1, 0.15) is 5.01 Å². The van der Waals surface area contributed by atoms with Gasteiger partial charge in [-0.25, -0.2) is 13.4 Å². The highest BCUT2D eigenvalue weighted by atomic mass is 32.2. The van der Waals surface area contributed by atoms with Gasteiger partial charge in [-0.05, 0) is 67.4 Å². The minimum Gasteiger partial charge on any atom is -0.335 e. The molecule has 1 amide bonds. The van der Waals surface area contributed by atoms with E-state index in [1.54, 1.807) is 66.6 Å². The quantitative estimate of drug-likeness (QED) is 0.435. The number of hydrogen-bond donors (Lipinski definition) is 1. The second-order valence-corrected chi connectivity index (χ2v) is 10.5. The van der Waals surface area contributed by atoms with Gasteiger partial charge in [-0.15, -0.1) is 11.3 Å². The number of aromatic nitrogens is 1. The molecule has 0 fully saturated rings. The highest BCUT2D eigenvalue weighted by Crippen LogP contribution is 2.24. The number of fused-ring (bicyclic) bond motifs is 1. The van der Waals surface area contributed by atoms with Gasteiger partial charge in [-0.2, -0.15) is 0 Å². The first-order chi connectivity index (χ1) is 15.2. The number of nitrogens with one attached hydrogen (secondary N) is 1. The number of carbonyl (C=O) groups excluding carboxylic acids is 1. The Hall–Kier alpha value is -3.23. The van der Waals surface area contributed by atoms with Crippen LogP contribution in [-0.2, 0) is 16.6 Å². The van der Waals surface area contributed by atoms with Crippen LogP contribution in [0.15, 0.2) is 71.6 Å². The molecular weight excluding hydrogens is 442 g/mol. The van der Waals surface area contributed by atoms with E-state index in [-0.39, 0.29) is 10.8 Å². The van der Waals surface area contributed by atoms with Crippen LogP contribution in [0.2, 0.25) is 0 Å². The van der Waals surface area contributed by atoms with E-state index in [9.17, 15) is 13.2 Å². The van der Waals surface area contributed by atoms with Gasteiger partial charge in [0.2, 0.25) is 0 Å². The summed E-state index contributed by atoms with van der Waals surface area (Å²) in [5.41, 5.74) is 3.34. The Kier molecular flexibility index (Phi) is 5.99. The summed E-state index contributed by atoms with van der Waals surface area (Å²) in [6.45, 7) is 4.01. The van der Waals surface area contributed by atoms with Gasteiger partial charge >= 0.3 is 0 Å². The van der Waals surface area contributed by atoms with Crippen LogP contribution >= 0.6 is 11.3 Å². The molecule has 1 N–H and O–H groups in total. The van der Waals surface area contributed by atoms with Crippen molar-refractivity contribution in [1.82, 2.24) is 9.88 Å². The first-order valence-corrected chi connectivity index (χ1v) is 12.3. The second-order valence-electron chi connectivity index (χ2n) is 7.69. The van der Waals surface area contributed by atoms with E-state index in [0.717, 1.165) is 20.8 Å². The van der Waals surface area contributed by atoms with Crippen molar-refractivity contribution in [3.63, 3.8) is 0 Å². The normalized spacial score (nSPS) is 11.5. The molecule has 8 heteroatoms. The van der Waals surface area contributed by atoms with Crippen LogP contribution < -0.4 is 4.72 Å². The van der Waals surface area contributed by atoms with Gasteiger partial charge in [-0.3, -0.25) is 9.52 Å². The molecule has 3 aromatic carbocycles. The monoisotopic (exact) mass is 465 g/mol. The number of sulfonamides is 1. The third-order valence-corrected chi connectivity index (χ3v) is 7.62. The van der Waals surface area contributed by atoms with Gasteiger partial charge in [0.25, 0.3) is 15.9 Å². The van der Waals surface area contributed by atoms with E-state index < -0.39 is 10.0 Å². The minimum atomic E-state index is -3.72. The van der Waals surface area contributed by atoms with E-state index in [1.165, 1.54) is 0 Å². The largest absolute Gasteiger partial charge is 0.335 e. The van der Waals surface area contributed by atoms with Gasteiger partial charge in [0.15, 0.2) is 0 Å². The molecule has 32 heavy (non-hydrogen) atoms. The number of anilines is 1. The van der Waals surface area contributed by atoms with E-state index in [2.05, 4.69) is 9.71 Å². The lowest BCUT2D eigenvalue weighted by atomic mass is 10.2. The average Bonchev–Trinajstić information content (AvgIpc) is 3.17. The molecular formula is C24H23N3O3S2. The zero-order valence-electron chi connectivity index (χ0n) is 18.0. The predicted octanol–water partition coefficient (Wildman–Crippen LogP) is 4.99. The zero-order valence-corrected chi connectivity index (χ0v) is 19.6. The maximum absolute atomic E-state index is 12.8. The molecule has 6 nitrogen and oxygen atoms in total. The average molecular weight is 466 g/mol. The second kappa shape index (κ2) is 8.72. The third-order valence-electron chi connectivity index (χ3n) is 5.07. The lowest BCUT2D eigenvalue weighted by Gasteiger charge is -2.16. The topological polar surface area (TPSA) is 79.4 Å². The van der Waals surface area contributed by atoms with Crippen molar-refractivity contribution in [2.24, 2.45) is 0 Å². The number of benzene rings is 3. The molecule has 0 spiro atoms. The Bertz CT molecular complexity index is 1360. The lowest BCUT2D eigenvalue weighted by Crippen LogP contribution is -2.26. The van der Waals surface area contributed by atoms with Crippen LogP contribution in [0.3, 0.4) is 0 Å². The van der Waals surface area contributed by atoms with Crippen LogP contribution in [0.4, 0.5) is 5.69 Å². The molecule has 4 rings (SSSR count). The van der Waals surface area contributed by atoms with Crippen molar-refractivity contribution in [2.75, 3.05) is 11.8 Å². The fourth-order valence-corrected chi connectivity index (χ4v) is 5.78. The molecule has 0 saturated carbocycles. The summed E-state index contributed by atoms with van der Waals surface area (Å²) in [6, 6.07) is 19.6. The van der Waals surface area contributed by atoms with Crippen LogP contribution in [-0.4, -0.2) is 31.3 Å². The molecule has 0 radical (unpaired) electrons.